The van der Waals surface area contributed by atoms with Gasteiger partial charge in [-0.15, -0.1) is 0 Å². The van der Waals surface area contributed by atoms with Crippen molar-refractivity contribution in [3.8, 4) is 68.4 Å². The standard InChI is InChI=1S/C42H30O9/c43-23-7-1-19(2-8-23)33-35(22-13-26(46)15-27(47)14-22)38-31(50)18-32-39-37(42(51-32)21-5-11-25(45)12-6-21)29-16-28(48)17-30(49)36(29)34(40(33)41(38)39)20-3-9-24(44)10-4-20/h1-18,33-35,40,43-50H/t33-,34-,35-,40-/m1/s1. The first-order valence-corrected chi connectivity index (χ1v) is 16.4. The number of hydrogen-bond donors (Lipinski definition) is 8. The summed E-state index contributed by atoms with van der Waals surface area (Å²) in [7, 11) is 0. The van der Waals surface area contributed by atoms with Gasteiger partial charge < -0.3 is 45.3 Å². The molecule has 4 atom stereocenters. The second-order valence-corrected chi connectivity index (χ2v) is 13.3. The molecule has 0 spiro atoms. The fourth-order valence-corrected chi connectivity index (χ4v) is 8.64. The van der Waals surface area contributed by atoms with Gasteiger partial charge in [0.1, 0.15) is 57.3 Å². The van der Waals surface area contributed by atoms with Crippen LogP contribution in [0.15, 0.2) is 114 Å². The molecule has 9 nitrogen and oxygen atoms in total. The Morgan fingerprint density at radius 2 is 0.941 bits per heavy atom. The topological polar surface area (TPSA) is 175 Å². The van der Waals surface area contributed by atoms with E-state index in [1.807, 2.05) is 0 Å². The molecule has 0 saturated carbocycles. The Labute approximate surface area is 290 Å². The van der Waals surface area contributed by atoms with Crippen molar-refractivity contribution in [1.82, 2.24) is 0 Å². The van der Waals surface area contributed by atoms with E-state index >= 15 is 0 Å². The molecular formula is C42H30O9. The normalized spacial score (nSPS) is 18.8. The summed E-state index contributed by atoms with van der Waals surface area (Å²) in [6.07, 6.45) is 0. The molecule has 0 aliphatic heterocycles. The predicted molar refractivity (Wildman–Crippen MR) is 189 cm³/mol. The zero-order valence-corrected chi connectivity index (χ0v) is 26.7. The van der Waals surface area contributed by atoms with Gasteiger partial charge in [-0.25, -0.2) is 0 Å². The molecule has 0 saturated heterocycles. The number of phenols is 8. The zero-order valence-electron chi connectivity index (χ0n) is 26.7. The lowest BCUT2D eigenvalue weighted by Crippen LogP contribution is -2.19. The molecule has 2 aliphatic carbocycles. The summed E-state index contributed by atoms with van der Waals surface area (Å²) < 4.78 is 6.58. The summed E-state index contributed by atoms with van der Waals surface area (Å²) in [6, 6.07) is 28.6. The monoisotopic (exact) mass is 678 g/mol. The number of hydrogen-bond acceptors (Lipinski definition) is 9. The third-order valence-corrected chi connectivity index (χ3v) is 10.5. The molecule has 0 bridgehead atoms. The highest BCUT2D eigenvalue weighted by atomic mass is 16.3. The maximum Gasteiger partial charge on any atom is 0.143 e. The van der Waals surface area contributed by atoms with E-state index in [2.05, 4.69) is 0 Å². The van der Waals surface area contributed by atoms with Gasteiger partial charge in [-0.05, 0) is 94.5 Å². The molecule has 2 aliphatic rings. The Bertz CT molecular complexity index is 2500. The Morgan fingerprint density at radius 3 is 1.57 bits per heavy atom. The van der Waals surface area contributed by atoms with Crippen LogP contribution in [0.3, 0.4) is 0 Å². The molecule has 51 heavy (non-hydrogen) atoms. The van der Waals surface area contributed by atoms with E-state index in [1.165, 1.54) is 30.3 Å². The van der Waals surface area contributed by atoms with Crippen LogP contribution in [-0.4, -0.2) is 40.9 Å². The van der Waals surface area contributed by atoms with Crippen LogP contribution in [0.1, 0.15) is 57.1 Å². The van der Waals surface area contributed by atoms with Crippen LogP contribution in [0.25, 0.3) is 33.4 Å². The van der Waals surface area contributed by atoms with E-state index in [-0.39, 0.29) is 46.0 Å². The fourth-order valence-electron chi connectivity index (χ4n) is 8.64. The minimum atomic E-state index is -0.669. The van der Waals surface area contributed by atoms with Crippen molar-refractivity contribution in [2.75, 3.05) is 0 Å². The molecule has 0 radical (unpaired) electrons. The Balaban J connectivity index is 1.49. The SMILES string of the molecule is Oc1ccc(-c2oc3cc(O)c4c5c3c2-c2cc(O)cc(O)c2[C@@H](c2ccc(O)cc2)[C@H]5[C@H](c2ccc(O)cc2)[C@H]4c2cc(O)cc(O)c2)cc1. The van der Waals surface area contributed by atoms with Crippen LogP contribution in [0.5, 0.6) is 46.0 Å². The van der Waals surface area contributed by atoms with Crippen LogP contribution in [-0.2, 0) is 0 Å². The number of fused-ring (bicyclic) bond motifs is 2. The lowest BCUT2D eigenvalue weighted by Gasteiger charge is -2.34. The number of furan rings is 1. The number of rotatable bonds is 4. The van der Waals surface area contributed by atoms with Crippen LogP contribution in [0, 0.1) is 0 Å². The Hall–Kier alpha value is -6.74. The van der Waals surface area contributed by atoms with Gasteiger partial charge in [-0.3, -0.25) is 0 Å². The quantitative estimate of drug-likeness (QED) is 0.0907. The van der Waals surface area contributed by atoms with Crippen LogP contribution in [0.2, 0.25) is 0 Å². The highest BCUT2D eigenvalue weighted by Crippen LogP contribution is 2.68. The second-order valence-electron chi connectivity index (χ2n) is 13.3. The first-order valence-electron chi connectivity index (χ1n) is 16.4. The van der Waals surface area contributed by atoms with E-state index in [4.69, 9.17) is 4.42 Å². The maximum atomic E-state index is 12.1. The summed E-state index contributed by atoms with van der Waals surface area (Å²) in [6.45, 7) is 0. The van der Waals surface area contributed by atoms with Crippen molar-refractivity contribution >= 4 is 11.0 Å². The second kappa shape index (κ2) is 10.9. The van der Waals surface area contributed by atoms with E-state index in [0.29, 0.717) is 55.7 Å². The predicted octanol–water partition coefficient (Wildman–Crippen LogP) is 8.57. The molecule has 6 aromatic carbocycles. The average molecular weight is 679 g/mol. The van der Waals surface area contributed by atoms with E-state index < -0.39 is 23.7 Å². The maximum absolute atomic E-state index is 12.1. The fraction of sp³-hybridized carbons (Fsp3) is 0.0952. The highest BCUT2D eigenvalue weighted by Gasteiger charge is 2.52. The van der Waals surface area contributed by atoms with Gasteiger partial charge in [0.25, 0.3) is 0 Å². The highest BCUT2D eigenvalue weighted by molar-refractivity contribution is 6.08. The summed E-state index contributed by atoms with van der Waals surface area (Å²) in [5, 5.41) is 88.0. The minimum absolute atomic E-state index is 0.0443. The molecule has 0 unspecified atom stereocenters. The molecule has 9 heteroatoms. The van der Waals surface area contributed by atoms with Crippen molar-refractivity contribution < 1.29 is 45.3 Å². The number of benzene rings is 6. The lowest BCUT2D eigenvalue weighted by atomic mass is 9.69. The van der Waals surface area contributed by atoms with Gasteiger partial charge in [0.05, 0.1) is 0 Å². The average Bonchev–Trinajstić information content (AvgIpc) is 3.60. The molecule has 9 rings (SSSR count). The summed E-state index contributed by atoms with van der Waals surface area (Å²) in [5.74, 6) is -2.72. The smallest absolute Gasteiger partial charge is 0.143 e. The number of phenolic OH excluding ortho intramolecular Hbond substituents is 8. The first-order chi connectivity index (χ1) is 24.6. The Morgan fingerprint density at radius 1 is 0.412 bits per heavy atom. The summed E-state index contributed by atoms with van der Waals surface area (Å²) >= 11 is 0. The third kappa shape index (κ3) is 4.55. The van der Waals surface area contributed by atoms with Gasteiger partial charge in [-0.2, -0.15) is 0 Å². The molecule has 0 fully saturated rings. The van der Waals surface area contributed by atoms with Crippen molar-refractivity contribution in [2.24, 2.45) is 0 Å². The van der Waals surface area contributed by atoms with Crippen molar-refractivity contribution in [2.45, 2.75) is 23.7 Å². The summed E-state index contributed by atoms with van der Waals surface area (Å²) in [5.41, 5.74) is 5.70. The minimum Gasteiger partial charge on any atom is -0.508 e. The Kier molecular flexibility index (Phi) is 6.47. The van der Waals surface area contributed by atoms with Crippen LogP contribution < -0.4 is 0 Å². The van der Waals surface area contributed by atoms with Gasteiger partial charge in [0.2, 0.25) is 0 Å². The largest absolute Gasteiger partial charge is 0.508 e. The summed E-state index contributed by atoms with van der Waals surface area (Å²) in [4.78, 5) is 0. The van der Waals surface area contributed by atoms with Gasteiger partial charge in [0.15, 0.2) is 0 Å². The molecule has 7 aromatic rings. The molecular weight excluding hydrogens is 648 g/mol. The number of aromatic hydroxyl groups is 8. The van der Waals surface area contributed by atoms with Crippen molar-refractivity contribution in [3.63, 3.8) is 0 Å². The van der Waals surface area contributed by atoms with Crippen molar-refractivity contribution in [1.29, 1.82) is 0 Å². The van der Waals surface area contributed by atoms with Crippen molar-refractivity contribution in [3.05, 3.63) is 143 Å². The van der Waals surface area contributed by atoms with E-state index in [1.54, 1.807) is 78.9 Å². The molecule has 252 valence electrons. The lowest BCUT2D eigenvalue weighted by molar-refractivity contribution is 0.429. The van der Waals surface area contributed by atoms with E-state index in [0.717, 1.165) is 11.1 Å². The van der Waals surface area contributed by atoms with Gasteiger partial charge in [-0.1, -0.05) is 24.3 Å². The molecule has 1 heterocycles. The van der Waals surface area contributed by atoms with Crippen LogP contribution in [0.4, 0.5) is 0 Å². The van der Waals surface area contributed by atoms with Crippen LogP contribution >= 0.6 is 0 Å². The van der Waals surface area contributed by atoms with E-state index in [9.17, 15) is 40.9 Å². The van der Waals surface area contributed by atoms with Gasteiger partial charge in [0, 0.05) is 69.5 Å². The third-order valence-electron chi connectivity index (χ3n) is 10.5. The molecule has 0 amide bonds. The molecule has 8 N–H and O–H groups in total. The zero-order chi connectivity index (χ0) is 35.3. The first kappa shape index (κ1) is 30.3. The van der Waals surface area contributed by atoms with Gasteiger partial charge >= 0.3 is 0 Å². The molecule has 1 aromatic heterocycles.